The van der Waals surface area contributed by atoms with Crippen LogP contribution in [0, 0.1) is 0 Å². The summed E-state index contributed by atoms with van der Waals surface area (Å²) in [6, 6.07) is 3.55. The Hall–Kier alpha value is -0.973. The zero-order valence-electron chi connectivity index (χ0n) is 13.9. The van der Waals surface area contributed by atoms with Crippen LogP contribution in [0.4, 0.5) is 0 Å². The van der Waals surface area contributed by atoms with Gasteiger partial charge in [-0.3, -0.25) is 4.79 Å². The first-order valence-electron chi connectivity index (χ1n) is 7.65. The van der Waals surface area contributed by atoms with Gasteiger partial charge in [-0.2, -0.15) is 0 Å². The second kappa shape index (κ2) is 6.26. The fraction of sp³-hybridized carbons (Fsp3) is 0.529. The van der Waals surface area contributed by atoms with Gasteiger partial charge in [-0.15, -0.1) is 0 Å². The summed E-state index contributed by atoms with van der Waals surface area (Å²) in [6.45, 7) is 11.1. The lowest BCUT2D eigenvalue weighted by molar-refractivity contribution is -0.114. The maximum absolute atomic E-state index is 12.2. The molecule has 2 rings (SSSR count). The van der Waals surface area contributed by atoms with Crippen LogP contribution in [0.5, 0.6) is 0 Å². The third-order valence-corrected chi connectivity index (χ3v) is 9.33. The molecule has 1 aliphatic rings. The van der Waals surface area contributed by atoms with Gasteiger partial charge in [0.2, 0.25) is 0 Å². The summed E-state index contributed by atoms with van der Waals surface area (Å²) in [5.41, 5.74) is 1.53. The lowest BCUT2D eigenvalue weighted by Gasteiger charge is -2.39. The number of hydrogen-bond donors (Lipinski definition) is 0. The quantitative estimate of drug-likeness (QED) is 0.583. The van der Waals surface area contributed by atoms with Crippen LogP contribution in [-0.4, -0.2) is 25.2 Å². The summed E-state index contributed by atoms with van der Waals surface area (Å²) in [5, 5.41) is 0.589. The van der Waals surface area contributed by atoms with Gasteiger partial charge >= 0.3 is 0 Å². The van der Waals surface area contributed by atoms with Gasteiger partial charge in [-0.05, 0) is 42.8 Å². The first kappa shape index (κ1) is 17.4. The van der Waals surface area contributed by atoms with Crippen molar-refractivity contribution in [1.82, 2.24) is 4.98 Å². The summed E-state index contributed by atoms with van der Waals surface area (Å²) in [5.74, 6) is 0.152. The van der Waals surface area contributed by atoms with Crippen molar-refractivity contribution < 1.29 is 9.22 Å². The Bertz CT molecular complexity index is 588. The number of rotatable bonds is 3. The molecule has 0 saturated heterocycles. The summed E-state index contributed by atoms with van der Waals surface area (Å²) in [6.07, 6.45) is 4.91. The molecule has 0 spiro atoms. The van der Waals surface area contributed by atoms with E-state index in [0.29, 0.717) is 17.1 Å². The van der Waals surface area contributed by atoms with Gasteiger partial charge in [-0.25, -0.2) is 4.98 Å². The predicted octanol–water partition coefficient (Wildman–Crippen LogP) is 4.87. The average molecular weight is 338 g/mol. The van der Waals surface area contributed by atoms with E-state index in [9.17, 15) is 4.79 Å². The molecule has 22 heavy (non-hydrogen) atoms. The van der Waals surface area contributed by atoms with E-state index in [4.69, 9.17) is 16.0 Å². The predicted molar refractivity (Wildman–Crippen MR) is 93.5 cm³/mol. The summed E-state index contributed by atoms with van der Waals surface area (Å²) in [7, 11) is -1.85. The molecule has 0 aromatic carbocycles. The van der Waals surface area contributed by atoms with Crippen molar-refractivity contribution in [3.8, 4) is 0 Å². The van der Waals surface area contributed by atoms with E-state index >= 15 is 0 Å². The van der Waals surface area contributed by atoms with Crippen LogP contribution in [0.1, 0.15) is 39.2 Å². The van der Waals surface area contributed by atoms with E-state index in [-0.39, 0.29) is 16.9 Å². The first-order chi connectivity index (χ1) is 10.1. The van der Waals surface area contributed by atoms with Crippen LogP contribution in [0.2, 0.25) is 23.3 Å². The van der Waals surface area contributed by atoms with E-state index in [1.165, 1.54) is 0 Å². The van der Waals surface area contributed by atoms with Crippen LogP contribution in [0.25, 0.3) is 5.57 Å². The Morgan fingerprint density at radius 1 is 1.32 bits per heavy atom. The molecule has 1 aromatic heterocycles. The molecule has 1 heterocycles. The number of Topliss-reactive ketones (excluding diaryl/α,β-unsaturated/α-hetero) is 1. The molecule has 5 heteroatoms. The Labute approximate surface area is 138 Å². The lowest BCUT2D eigenvalue weighted by atomic mass is 9.92. The smallest absolute Gasteiger partial charge is 0.192 e. The molecule has 0 bridgehead atoms. The topological polar surface area (TPSA) is 39.2 Å². The first-order valence-corrected chi connectivity index (χ1v) is 10.9. The van der Waals surface area contributed by atoms with E-state index < -0.39 is 8.32 Å². The van der Waals surface area contributed by atoms with E-state index in [1.807, 2.05) is 12.1 Å². The van der Waals surface area contributed by atoms with Crippen molar-refractivity contribution in [2.24, 2.45) is 0 Å². The molecule has 1 atom stereocenters. The van der Waals surface area contributed by atoms with E-state index in [0.717, 1.165) is 12.0 Å². The molecule has 3 nitrogen and oxygen atoms in total. The summed E-state index contributed by atoms with van der Waals surface area (Å²) >= 11 is 5.82. The number of hydrogen-bond acceptors (Lipinski definition) is 3. The van der Waals surface area contributed by atoms with Crippen LogP contribution in [-0.2, 0) is 9.22 Å². The molecule has 0 aliphatic heterocycles. The largest absolute Gasteiger partial charge is 0.411 e. The number of aromatic nitrogens is 1. The minimum Gasteiger partial charge on any atom is -0.411 e. The second-order valence-corrected chi connectivity index (χ2v) is 12.5. The molecule has 0 fully saturated rings. The fourth-order valence-electron chi connectivity index (χ4n) is 2.21. The van der Waals surface area contributed by atoms with Gasteiger partial charge in [0.1, 0.15) is 5.15 Å². The Morgan fingerprint density at radius 2 is 2.00 bits per heavy atom. The maximum Gasteiger partial charge on any atom is 0.192 e. The summed E-state index contributed by atoms with van der Waals surface area (Å²) < 4.78 is 6.43. The number of nitrogens with zero attached hydrogens (tertiary/aromatic N) is 1. The van der Waals surface area contributed by atoms with Gasteiger partial charge in [0, 0.05) is 23.8 Å². The third-order valence-electron chi connectivity index (χ3n) is 4.60. The van der Waals surface area contributed by atoms with Crippen LogP contribution in [0.3, 0.4) is 0 Å². The molecule has 1 aliphatic carbocycles. The van der Waals surface area contributed by atoms with Crippen molar-refractivity contribution in [3.63, 3.8) is 0 Å². The zero-order chi connectivity index (χ0) is 16.5. The van der Waals surface area contributed by atoms with Crippen LogP contribution < -0.4 is 0 Å². The Kier molecular flexibility index (Phi) is 4.95. The Morgan fingerprint density at radius 3 is 2.55 bits per heavy atom. The van der Waals surface area contributed by atoms with Crippen molar-refractivity contribution in [2.45, 2.75) is 57.8 Å². The molecule has 0 radical (unpaired) electrons. The standard InChI is InChI=1S/C17H24ClNO2Si/c1-17(2,3)22(4,5)21-13-7-8-15(20)14(10-13)12-6-9-16(18)19-11-12/h6,9-11,13H,7-8H2,1-5H3/t13-/m0/s1. The fourth-order valence-corrected chi connectivity index (χ4v) is 3.62. The van der Waals surface area contributed by atoms with Crippen LogP contribution in [0.15, 0.2) is 24.4 Å². The second-order valence-electron chi connectivity index (χ2n) is 7.33. The van der Waals surface area contributed by atoms with Crippen molar-refractivity contribution in [1.29, 1.82) is 0 Å². The summed E-state index contributed by atoms with van der Waals surface area (Å²) in [4.78, 5) is 16.3. The van der Waals surface area contributed by atoms with Crippen molar-refractivity contribution in [2.75, 3.05) is 0 Å². The molecule has 0 N–H and O–H groups in total. The van der Waals surface area contributed by atoms with Gasteiger partial charge in [0.15, 0.2) is 14.1 Å². The van der Waals surface area contributed by atoms with Crippen molar-refractivity contribution in [3.05, 3.63) is 35.1 Å². The third kappa shape index (κ3) is 3.86. The monoisotopic (exact) mass is 337 g/mol. The highest BCUT2D eigenvalue weighted by Crippen LogP contribution is 2.39. The van der Waals surface area contributed by atoms with Gasteiger partial charge in [0.25, 0.3) is 0 Å². The molecular weight excluding hydrogens is 314 g/mol. The average Bonchev–Trinajstić information content (AvgIpc) is 2.40. The molecule has 0 unspecified atom stereocenters. The Balaban J connectivity index is 2.25. The highest BCUT2D eigenvalue weighted by atomic mass is 35.5. The molecule has 120 valence electrons. The van der Waals surface area contributed by atoms with Gasteiger partial charge in [-0.1, -0.05) is 32.4 Å². The minimum atomic E-state index is -1.85. The van der Waals surface area contributed by atoms with E-state index in [2.05, 4.69) is 38.8 Å². The zero-order valence-corrected chi connectivity index (χ0v) is 15.7. The van der Waals surface area contributed by atoms with Crippen molar-refractivity contribution >= 4 is 31.3 Å². The number of allylic oxidation sites excluding steroid dienone is 1. The number of halogens is 1. The molecule has 0 saturated carbocycles. The lowest BCUT2D eigenvalue weighted by Crippen LogP contribution is -2.44. The number of pyridine rings is 1. The highest BCUT2D eigenvalue weighted by molar-refractivity contribution is 6.74. The highest BCUT2D eigenvalue weighted by Gasteiger charge is 2.39. The SMILES string of the molecule is CC(C)(C)[Si](C)(C)O[C@@H]1C=C(c2ccc(Cl)nc2)C(=O)CC1. The van der Waals surface area contributed by atoms with Gasteiger partial charge < -0.3 is 4.43 Å². The minimum absolute atomic E-state index is 0.00395. The normalized spacial score (nSPS) is 20.0. The van der Waals surface area contributed by atoms with E-state index in [1.54, 1.807) is 12.3 Å². The number of ketones is 1. The molecular formula is C17H24ClNO2Si. The number of carbonyl (C=O) groups excluding carboxylic acids is 1. The molecule has 1 aromatic rings. The van der Waals surface area contributed by atoms with Gasteiger partial charge in [0.05, 0.1) is 6.10 Å². The molecule has 0 amide bonds. The number of carbonyl (C=O) groups is 1. The van der Waals surface area contributed by atoms with Crippen LogP contribution >= 0.6 is 11.6 Å². The maximum atomic E-state index is 12.2.